The van der Waals surface area contributed by atoms with Crippen molar-refractivity contribution in [1.82, 2.24) is 4.57 Å². The zero-order valence-electron chi connectivity index (χ0n) is 15.8. The molecule has 0 spiro atoms. The van der Waals surface area contributed by atoms with Crippen molar-refractivity contribution in [2.45, 2.75) is 73.1 Å². The lowest BCUT2D eigenvalue weighted by Crippen LogP contribution is -2.32. The highest BCUT2D eigenvalue weighted by molar-refractivity contribution is 5.94. The zero-order chi connectivity index (χ0) is 16.6. The van der Waals surface area contributed by atoms with Crippen LogP contribution in [0, 0.1) is 33.6 Å². The maximum atomic E-state index is 2.52. The van der Waals surface area contributed by atoms with Gasteiger partial charge in [-0.2, -0.15) is 0 Å². The number of rotatable bonds is 0. The predicted octanol–water partition coefficient (Wildman–Crippen LogP) is 5.83. The summed E-state index contributed by atoms with van der Waals surface area (Å²) in [6, 6.07) is 0. The van der Waals surface area contributed by atoms with Crippen LogP contribution in [0.3, 0.4) is 0 Å². The molecule has 1 aromatic heterocycles. The smallest absolute Gasteiger partial charge is 0.0518 e. The topological polar surface area (TPSA) is 4.93 Å². The van der Waals surface area contributed by atoms with Gasteiger partial charge in [0.1, 0.15) is 0 Å². The zero-order valence-corrected chi connectivity index (χ0v) is 15.8. The van der Waals surface area contributed by atoms with Crippen LogP contribution < -0.4 is 0 Å². The molecule has 0 aliphatic heterocycles. The summed E-state index contributed by atoms with van der Waals surface area (Å²) >= 11 is 0. The van der Waals surface area contributed by atoms with Crippen molar-refractivity contribution in [2.75, 3.05) is 0 Å². The van der Waals surface area contributed by atoms with Gasteiger partial charge in [-0.25, -0.2) is 0 Å². The first kappa shape index (κ1) is 15.6. The second kappa shape index (κ2) is 4.63. The Morgan fingerprint density at radius 2 is 1.45 bits per heavy atom. The number of nitrogens with zero attached hydrogens (tertiary/aromatic N) is 1. The lowest BCUT2D eigenvalue weighted by Gasteiger charge is -2.39. The first-order valence-electron chi connectivity index (χ1n) is 8.68. The highest BCUT2D eigenvalue weighted by atomic mass is 15.0. The summed E-state index contributed by atoms with van der Waals surface area (Å²) in [5, 5.41) is 1.55. The van der Waals surface area contributed by atoms with Crippen LogP contribution in [0.4, 0.5) is 0 Å². The van der Waals surface area contributed by atoms with Crippen LogP contribution >= 0.6 is 0 Å². The third-order valence-corrected chi connectivity index (χ3v) is 6.63. The minimum Gasteiger partial charge on any atom is -0.347 e. The second-order valence-electron chi connectivity index (χ2n) is 8.40. The third-order valence-electron chi connectivity index (χ3n) is 6.63. The first-order valence-corrected chi connectivity index (χ1v) is 8.68. The number of fused-ring (bicyclic) bond motifs is 3. The summed E-state index contributed by atoms with van der Waals surface area (Å²) < 4.78 is 2.52. The molecule has 1 heteroatoms. The second-order valence-corrected chi connectivity index (χ2v) is 8.40. The molecule has 0 fully saturated rings. The van der Waals surface area contributed by atoms with E-state index < -0.39 is 0 Å². The SMILES string of the molecule is Cc1c(C)c(C)c2c(c1C)c1c(n2C)C(C)(C)CC(C)C1C. The van der Waals surface area contributed by atoms with Gasteiger partial charge in [0.2, 0.25) is 0 Å². The number of hydrogen-bond donors (Lipinski definition) is 0. The molecule has 1 aliphatic rings. The number of aromatic nitrogens is 1. The van der Waals surface area contributed by atoms with Gasteiger partial charge < -0.3 is 4.57 Å². The quantitative estimate of drug-likeness (QED) is 0.576. The van der Waals surface area contributed by atoms with Gasteiger partial charge in [0.05, 0.1) is 5.52 Å². The minimum absolute atomic E-state index is 0.260. The van der Waals surface area contributed by atoms with E-state index in [9.17, 15) is 0 Å². The average molecular weight is 297 g/mol. The Morgan fingerprint density at radius 3 is 2.05 bits per heavy atom. The van der Waals surface area contributed by atoms with Crippen LogP contribution in [0.1, 0.15) is 73.5 Å². The summed E-state index contributed by atoms with van der Waals surface area (Å²) in [7, 11) is 2.28. The standard InChI is InChI=1S/C21H31N/c1-11-10-21(7,8)20-18(12(11)2)17-15(5)13(3)14(4)16(6)19(17)22(20)9/h11-12H,10H2,1-9H3. The van der Waals surface area contributed by atoms with Gasteiger partial charge in [0.15, 0.2) is 0 Å². The molecule has 3 rings (SSSR count). The highest BCUT2D eigenvalue weighted by Gasteiger charge is 2.40. The van der Waals surface area contributed by atoms with Gasteiger partial charge in [-0.1, -0.05) is 27.7 Å². The van der Waals surface area contributed by atoms with Crippen LogP contribution in [0.15, 0.2) is 0 Å². The third kappa shape index (κ3) is 1.77. The van der Waals surface area contributed by atoms with Crippen LogP contribution in [0.25, 0.3) is 10.9 Å². The van der Waals surface area contributed by atoms with E-state index in [2.05, 4.69) is 67.0 Å². The maximum absolute atomic E-state index is 2.52. The van der Waals surface area contributed by atoms with Gasteiger partial charge in [-0.15, -0.1) is 0 Å². The van der Waals surface area contributed by atoms with E-state index in [4.69, 9.17) is 0 Å². The van der Waals surface area contributed by atoms with Gasteiger partial charge in [-0.3, -0.25) is 0 Å². The van der Waals surface area contributed by atoms with E-state index >= 15 is 0 Å². The van der Waals surface area contributed by atoms with Gasteiger partial charge in [-0.05, 0) is 73.8 Å². The number of hydrogen-bond acceptors (Lipinski definition) is 0. The highest BCUT2D eigenvalue weighted by Crippen LogP contribution is 2.51. The Balaban J connectivity index is 2.58. The van der Waals surface area contributed by atoms with Crippen molar-refractivity contribution in [2.24, 2.45) is 13.0 Å². The molecule has 22 heavy (non-hydrogen) atoms. The Hall–Kier alpha value is -1.24. The monoisotopic (exact) mass is 297 g/mol. The fourth-order valence-electron chi connectivity index (χ4n) is 5.08. The molecular weight excluding hydrogens is 266 g/mol. The molecular formula is C21H31N. The lowest BCUT2D eigenvalue weighted by atomic mass is 9.67. The van der Waals surface area contributed by atoms with E-state index in [0.717, 1.165) is 5.92 Å². The summed E-state index contributed by atoms with van der Waals surface area (Å²) in [5.41, 5.74) is 10.8. The summed E-state index contributed by atoms with van der Waals surface area (Å²) in [6.45, 7) is 18.9. The molecule has 0 saturated carbocycles. The van der Waals surface area contributed by atoms with Crippen molar-refractivity contribution >= 4 is 10.9 Å². The fourth-order valence-corrected chi connectivity index (χ4v) is 5.08. The molecule has 2 aromatic rings. The first-order chi connectivity index (χ1) is 10.1. The molecule has 1 nitrogen and oxygen atoms in total. The minimum atomic E-state index is 0.260. The molecule has 2 atom stereocenters. The van der Waals surface area contributed by atoms with E-state index in [1.165, 1.54) is 34.2 Å². The molecule has 0 bridgehead atoms. The van der Waals surface area contributed by atoms with E-state index in [-0.39, 0.29) is 5.41 Å². The summed E-state index contributed by atoms with van der Waals surface area (Å²) in [5.74, 6) is 1.39. The Bertz CT molecular complexity index is 774. The van der Waals surface area contributed by atoms with Crippen molar-refractivity contribution in [3.63, 3.8) is 0 Å². The molecule has 2 unspecified atom stereocenters. The average Bonchev–Trinajstić information content (AvgIpc) is 2.74. The number of benzene rings is 1. The van der Waals surface area contributed by atoms with E-state index in [1.807, 2.05) is 0 Å². The van der Waals surface area contributed by atoms with Gasteiger partial charge >= 0.3 is 0 Å². The van der Waals surface area contributed by atoms with Crippen LogP contribution in [-0.4, -0.2) is 4.57 Å². The van der Waals surface area contributed by atoms with Crippen LogP contribution in [0.5, 0.6) is 0 Å². The normalized spacial score (nSPS) is 23.9. The van der Waals surface area contributed by atoms with Gasteiger partial charge in [0.25, 0.3) is 0 Å². The Kier molecular flexibility index (Phi) is 3.29. The number of aryl methyl sites for hydroxylation is 3. The molecule has 1 heterocycles. The summed E-state index contributed by atoms with van der Waals surface area (Å²) in [6.07, 6.45) is 1.28. The molecule has 0 amide bonds. The van der Waals surface area contributed by atoms with Crippen LogP contribution in [-0.2, 0) is 12.5 Å². The van der Waals surface area contributed by atoms with Crippen molar-refractivity contribution in [3.8, 4) is 0 Å². The van der Waals surface area contributed by atoms with Crippen molar-refractivity contribution in [1.29, 1.82) is 0 Å². The molecule has 0 saturated heterocycles. The maximum Gasteiger partial charge on any atom is 0.0518 e. The summed E-state index contributed by atoms with van der Waals surface area (Å²) in [4.78, 5) is 0. The fraction of sp³-hybridized carbons (Fsp3) is 0.619. The molecule has 1 aromatic carbocycles. The lowest BCUT2D eigenvalue weighted by molar-refractivity contribution is 0.300. The van der Waals surface area contributed by atoms with E-state index in [1.54, 1.807) is 16.6 Å². The molecule has 0 N–H and O–H groups in total. The Labute approximate surface area is 135 Å². The molecule has 1 aliphatic carbocycles. The van der Waals surface area contributed by atoms with Gasteiger partial charge in [0, 0.05) is 23.5 Å². The van der Waals surface area contributed by atoms with Crippen molar-refractivity contribution < 1.29 is 0 Å². The predicted molar refractivity (Wildman–Crippen MR) is 97.1 cm³/mol. The van der Waals surface area contributed by atoms with Crippen LogP contribution in [0.2, 0.25) is 0 Å². The van der Waals surface area contributed by atoms with E-state index in [0.29, 0.717) is 5.92 Å². The Morgan fingerprint density at radius 1 is 0.909 bits per heavy atom. The largest absolute Gasteiger partial charge is 0.347 e. The molecule has 120 valence electrons. The van der Waals surface area contributed by atoms with Crippen molar-refractivity contribution in [3.05, 3.63) is 33.5 Å². The molecule has 0 radical (unpaired) electrons.